The molecule has 0 amide bonds. The summed E-state index contributed by atoms with van der Waals surface area (Å²) < 4.78 is 26.0. The van der Waals surface area contributed by atoms with Gasteiger partial charge in [0.2, 0.25) is 0 Å². The molecule has 0 aliphatic rings. The Labute approximate surface area is 93.5 Å². The third-order valence-corrected chi connectivity index (χ3v) is 2.85. The summed E-state index contributed by atoms with van der Waals surface area (Å²) in [5.74, 6) is -1.50. The van der Waals surface area contributed by atoms with E-state index in [-0.39, 0.29) is 12.4 Å². The molecule has 90 valence electrons. The van der Waals surface area contributed by atoms with Crippen molar-refractivity contribution in [2.24, 2.45) is 0 Å². The summed E-state index contributed by atoms with van der Waals surface area (Å²) in [6.45, 7) is 3.64. The highest BCUT2D eigenvalue weighted by Gasteiger charge is 2.26. The SMILES string of the molecule is CCC(CC)(CO)Nc1ncc(F)cc1F. The minimum atomic E-state index is -0.750. The van der Waals surface area contributed by atoms with Crippen molar-refractivity contribution in [3.8, 4) is 0 Å². The Hall–Kier alpha value is -1.23. The maximum absolute atomic E-state index is 13.3. The average Bonchev–Trinajstić information content (AvgIpc) is 2.29. The summed E-state index contributed by atoms with van der Waals surface area (Å²) in [5.41, 5.74) is -0.605. The van der Waals surface area contributed by atoms with Crippen LogP contribution >= 0.6 is 0 Å². The maximum Gasteiger partial charge on any atom is 0.168 e. The van der Waals surface area contributed by atoms with E-state index in [1.165, 1.54) is 0 Å². The van der Waals surface area contributed by atoms with E-state index in [4.69, 9.17) is 0 Å². The van der Waals surface area contributed by atoms with Gasteiger partial charge in [0.05, 0.1) is 18.3 Å². The molecule has 1 heterocycles. The molecule has 3 nitrogen and oxygen atoms in total. The summed E-state index contributed by atoms with van der Waals surface area (Å²) in [7, 11) is 0. The second-order valence-corrected chi connectivity index (χ2v) is 3.75. The van der Waals surface area contributed by atoms with Crippen LogP contribution in [0.15, 0.2) is 12.3 Å². The molecule has 0 saturated heterocycles. The smallest absolute Gasteiger partial charge is 0.168 e. The summed E-state index contributed by atoms with van der Waals surface area (Å²) >= 11 is 0. The van der Waals surface area contributed by atoms with Crippen LogP contribution in [0, 0.1) is 11.6 Å². The first kappa shape index (κ1) is 12.8. The van der Waals surface area contributed by atoms with Crippen molar-refractivity contribution in [3.63, 3.8) is 0 Å². The van der Waals surface area contributed by atoms with Crippen LogP contribution in [0.1, 0.15) is 26.7 Å². The lowest BCUT2D eigenvalue weighted by molar-refractivity contribution is 0.201. The van der Waals surface area contributed by atoms with E-state index in [0.717, 1.165) is 12.3 Å². The van der Waals surface area contributed by atoms with Gasteiger partial charge in [-0.15, -0.1) is 0 Å². The normalized spacial score (nSPS) is 11.6. The fraction of sp³-hybridized carbons (Fsp3) is 0.545. The first-order valence-corrected chi connectivity index (χ1v) is 5.27. The molecule has 0 spiro atoms. The van der Waals surface area contributed by atoms with Gasteiger partial charge in [0.1, 0.15) is 5.82 Å². The fourth-order valence-electron chi connectivity index (χ4n) is 1.45. The van der Waals surface area contributed by atoms with Gasteiger partial charge in [0, 0.05) is 6.07 Å². The Morgan fingerprint density at radius 2 is 2.00 bits per heavy atom. The number of hydrogen-bond donors (Lipinski definition) is 2. The Morgan fingerprint density at radius 3 is 2.44 bits per heavy atom. The van der Waals surface area contributed by atoms with Gasteiger partial charge >= 0.3 is 0 Å². The molecule has 0 aromatic carbocycles. The van der Waals surface area contributed by atoms with E-state index in [9.17, 15) is 13.9 Å². The molecule has 1 rings (SSSR count). The lowest BCUT2D eigenvalue weighted by Gasteiger charge is -2.31. The molecular formula is C11H16F2N2O. The Kier molecular flexibility index (Phi) is 4.18. The number of hydrogen-bond acceptors (Lipinski definition) is 3. The highest BCUT2D eigenvalue weighted by Crippen LogP contribution is 2.22. The number of halogens is 2. The van der Waals surface area contributed by atoms with Crippen molar-refractivity contribution in [1.82, 2.24) is 4.98 Å². The lowest BCUT2D eigenvalue weighted by atomic mass is 9.94. The number of nitrogens with zero attached hydrogens (tertiary/aromatic N) is 1. The van der Waals surface area contributed by atoms with Crippen molar-refractivity contribution < 1.29 is 13.9 Å². The molecule has 0 fully saturated rings. The van der Waals surface area contributed by atoms with E-state index < -0.39 is 17.2 Å². The van der Waals surface area contributed by atoms with Crippen LogP contribution in [0.5, 0.6) is 0 Å². The van der Waals surface area contributed by atoms with Crippen molar-refractivity contribution in [1.29, 1.82) is 0 Å². The number of rotatable bonds is 5. The molecule has 0 unspecified atom stereocenters. The zero-order valence-electron chi connectivity index (χ0n) is 9.43. The lowest BCUT2D eigenvalue weighted by Crippen LogP contribution is -2.41. The van der Waals surface area contributed by atoms with Crippen LogP contribution < -0.4 is 5.32 Å². The van der Waals surface area contributed by atoms with Crippen molar-refractivity contribution >= 4 is 5.82 Å². The second kappa shape index (κ2) is 5.21. The Morgan fingerprint density at radius 1 is 1.38 bits per heavy atom. The van der Waals surface area contributed by atoms with Crippen LogP contribution in [0.3, 0.4) is 0 Å². The minimum Gasteiger partial charge on any atom is -0.394 e. The largest absolute Gasteiger partial charge is 0.394 e. The highest BCUT2D eigenvalue weighted by atomic mass is 19.1. The highest BCUT2D eigenvalue weighted by molar-refractivity contribution is 5.39. The monoisotopic (exact) mass is 230 g/mol. The molecule has 0 atom stereocenters. The third-order valence-electron chi connectivity index (χ3n) is 2.85. The summed E-state index contributed by atoms with van der Waals surface area (Å²) in [6, 6.07) is 0.767. The molecule has 5 heteroatoms. The topological polar surface area (TPSA) is 45.1 Å². The molecule has 0 radical (unpaired) electrons. The van der Waals surface area contributed by atoms with E-state index in [1.54, 1.807) is 0 Å². The van der Waals surface area contributed by atoms with Gasteiger partial charge in [-0.05, 0) is 12.8 Å². The number of aromatic nitrogens is 1. The van der Waals surface area contributed by atoms with Crippen molar-refractivity contribution in [3.05, 3.63) is 23.9 Å². The van der Waals surface area contributed by atoms with E-state index in [0.29, 0.717) is 12.8 Å². The van der Waals surface area contributed by atoms with Crippen LogP contribution in [-0.2, 0) is 0 Å². The summed E-state index contributed by atoms with van der Waals surface area (Å²) in [6.07, 6.45) is 2.19. The van der Waals surface area contributed by atoms with Crippen LogP contribution in [0.25, 0.3) is 0 Å². The van der Waals surface area contributed by atoms with Gasteiger partial charge in [-0.25, -0.2) is 13.8 Å². The first-order valence-electron chi connectivity index (χ1n) is 5.27. The molecule has 1 aromatic heterocycles. The predicted molar refractivity (Wildman–Crippen MR) is 58.2 cm³/mol. The van der Waals surface area contributed by atoms with Gasteiger partial charge in [-0.3, -0.25) is 0 Å². The number of nitrogens with one attached hydrogen (secondary N) is 1. The molecular weight excluding hydrogens is 214 g/mol. The molecule has 16 heavy (non-hydrogen) atoms. The average molecular weight is 230 g/mol. The summed E-state index contributed by atoms with van der Waals surface area (Å²) in [4.78, 5) is 3.63. The van der Waals surface area contributed by atoms with Crippen molar-refractivity contribution in [2.45, 2.75) is 32.2 Å². The van der Waals surface area contributed by atoms with Crippen molar-refractivity contribution in [2.75, 3.05) is 11.9 Å². The number of aliphatic hydroxyl groups is 1. The second-order valence-electron chi connectivity index (χ2n) is 3.75. The molecule has 0 aliphatic carbocycles. The Balaban J connectivity index is 2.93. The standard InChI is InChI=1S/C11H16F2N2O/c1-3-11(4-2,7-16)15-10-9(13)5-8(12)6-14-10/h5-6,16H,3-4,7H2,1-2H3,(H,14,15). The maximum atomic E-state index is 13.3. The van der Waals surface area contributed by atoms with Gasteiger partial charge in [-0.2, -0.15) is 0 Å². The van der Waals surface area contributed by atoms with Gasteiger partial charge in [0.15, 0.2) is 11.6 Å². The Bertz CT molecular complexity index is 346. The van der Waals surface area contributed by atoms with E-state index in [1.807, 2.05) is 13.8 Å². The molecule has 0 saturated carbocycles. The summed E-state index contributed by atoms with van der Waals surface area (Å²) in [5, 5.41) is 12.1. The van der Waals surface area contributed by atoms with E-state index in [2.05, 4.69) is 10.3 Å². The van der Waals surface area contributed by atoms with Gasteiger partial charge in [-0.1, -0.05) is 13.8 Å². The zero-order chi connectivity index (χ0) is 12.2. The first-order chi connectivity index (χ1) is 7.56. The molecule has 2 N–H and O–H groups in total. The van der Waals surface area contributed by atoms with Crippen LogP contribution in [0.4, 0.5) is 14.6 Å². The van der Waals surface area contributed by atoms with Gasteiger partial charge in [0.25, 0.3) is 0 Å². The molecule has 1 aromatic rings. The number of anilines is 1. The quantitative estimate of drug-likeness (QED) is 0.816. The molecule has 0 aliphatic heterocycles. The van der Waals surface area contributed by atoms with Crippen LogP contribution in [0.2, 0.25) is 0 Å². The number of pyridine rings is 1. The third kappa shape index (κ3) is 2.66. The zero-order valence-corrected chi connectivity index (χ0v) is 9.43. The number of aliphatic hydroxyl groups excluding tert-OH is 1. The van der Waals surface area contributed by atoms with E-state index >= 15 is 0 Å². The fourth-order valence-corrected chi connectivity index (χ4v) is 1.45. The van der Waals surface area contributed by atoms with Gasteiger partial charge < -0.3 is 10.4 Å². The molecule has 0 bridgehead atoms. The van der Waals surface area contributed by atoms with Crippen LogP contribution in [-0.4, -0.2) is 22.2 Å². The minimum absolute atomic E-state index is 0.0286. The predicted octanol–water partition coefficient (Wildman–Crippen LogP) is 2.32.